The van der Waals surface area contributed by atoms with Gasteiger partial charge in [0.25, 0.3) is 5.91 Å². The lowest BCUT2D eigenvalue weighted by Crippen LogP contribution is -2.31. The molecule has 0 saturated heterocycles. The van der Waals surface area contributed by atoms with Crippen molar-refractivity contribution in [3.05, 3.63) is 78.3 Å². The highest BCUT2D eigenvalue weighted by molar-refractivity contribution is 6.06. The van der Waals surface area contributed by atoms with Crippen molar-refractivity contribution in [3.8, 4) is 17.2 Å². The van der Waals surface area contributed by atoms with Gasteiger partial charge in [-0.05, 0) is 25.1 Å². The van der Waals surface area contributed by atoms with Crippen LogP contribution in [0.2, 0.25) is 0 Å². The Balaban J connectivity index is 1.77. The SMILES string of the molecule is C=CCOc1ccccc1[C@H]1C(C(=O)Nc2ccc(OC)cc2OC)=C(C)Nc2ncnn21. The van der Waals surface area contributed by atoms with E-state index in [9.17, 15) is 4.79 Å². The van der Waals surface area contributed by atoms with Gasteiger partial charge < -0.3 is 24.8 Å². The lowest BCUT2D eigenvalue weighted by atomic mass is 9.94. The van der Waals surface area contributed by atoms with Crippen LogP contribution in [0.3, 0.4) is 0 Å². The summed E-state index contributed by atoms with van der Waals surface area (Å²) in [5.41, 5.74) is 2.42. The molecule has 0 fully saturated rings. The maximum Gasteiger partial charge on any atom is 0.255 e. The highest BCUT2D eigenvalue weighted by atomic mass is 16.5. The molecule has 170 valence electrons. The normalized spacial score (nSPS) is 14.7. The second-order valence-corrected chi connectivity index (χ2v) is 7.25. The maximum absolute atomic E-state index is 13.6. The third kappa shape index (κ3) is 4.25. The van der Waals surface area contributed by atoms with Gasteiger partial charge in [-0.15, -0.1) is 0 Å². The Morgan fingerprint density at radius 3 is 2.79 bits per heavy atom. The Labute approximate surface area is 191 Å². The number of hydrogen-bond acceptors (Lipinski definition) is 7. The van der Waals surface area contributed by atoms with Crippen LogP contribution in [0, 0.1) is 0 Å². The molecule has 3 aromatic rings. The molecule has 0 aliphatic carbocycles. The number of ether oxygens (including phenoxy) is 3. The molecule has 0 bridgehead atoms. The zero-order valence-corrected chi connectivity index (χ0v) is 18.7. The number of nitrogens with one attached hydrogen (secondary N) is 2. The molecule has 1 aliphatic rings. The van der Waals surface area contributed by atoms with Gasteiger partial charge in [0.05, 0.1) is 25.5 Å². The molecular formula is C24H25N5O4. The smallest absolute Gasteiger partial charge is 0.255 e. The Kier molecular flexibility index (Phi) is 6.30. The third-order valence-electron chi connectivity index (χ3n) is 5.27. The van der Waals surface area contributed by atoms with E-state index in [-0.39, 0.29) is 5.91 Å². The van der Waals surface area contributed by atoms with Crippen LogP contribution in [0.5, 0.6) is 17.2 Å². The predicted octanol–water partition coefficient (Wildman–Crippen LogP) is 3.79. The van der Waals surface area contributed by atoms with Crippen LogP contribution in [0.4, 0.5) is 11.6 Å². The number of fused-ring (bicyclic) bond motifs is 1. The van der Waals surface area contributed by atoms with E-state index in [0.29, 0.717) is 46.8 Å². The lowest BCUT2D eigenvalue weighted by Gasteiger charge is -2.29. The van der Waals surface area contributed by atoms with Crippen molar-refractivity contribution >= 4 is 17.5 Å². The second-order valence-electron chi connectivity index (χ2n) is 7.25. The number of methoxy groups -OCH3 is 2. The first-order chi connectivity index (χ1) is 16.1. The molecule has 1 atom stereocenters. The van der Waals surface area contributed by atoms with Crippen molar-refractivity contribution in [2.75, 3.05) is 31.5 Å². The number of rotatable bonds is 8. The highest BCUT2D eigenvalue weighted by Gasteiger charge is 2.35. The standard InChI is InChI=1S/C24H25N5O4/c1-5-12-33-19-9-7-6-8-17(19)22-21(15(2)27-24-25-14-26-29(22)24)23(30)28-18-11-10-16(31-3)13-20(18)32-4/h5-11,13-14,22H,1,12H2,2-4H3,(H,28,30)(H,25,26,27)/t22-/m0/s1. The zero-order chi connectivity index (χ0) is 23.4. The molecular weight excluding hydrogens is 422 g/mol. The van der Waals surface area contributed by atoms with Gasteiger partial charge in [-0.1, -0.05) is 30.9 Å². The number of anilines is 2. The quantitative estimate of drug-likeness (QED) is 0.507. The molecule has 0 spiro atoms. The zero-order valence-electron chi connectivity index (χ0n) is 18.7. The van der Waals surface area contributed by atoms with Gasteiger partial charge in [0.15, 0.2) is 0 Å². The molecule has 0 unspecified atom stereocenters. The van der Waals surface area contributed by atoms with Gasteiger partial charge >= 0.3 is 0 Å². The maximum atomic E-state index is 13.6. The van der Waals surface area contributed by atoms with E-state index >= 15 is 0 Å². The van der Waals surface area contributed by atoms with E-state index in [1.54, 1.807) is 36.1 Å². The van der Waals surface area contributed by atoms with E-state index in [2.05, 4.69) is 27.3 Å². The van der Waals surface area contributed by atoms with Crippen LogP contribution in [0.25, 0.3) is 0 Å². The summed E-state index contributed by atoms with van der Waals surface area (Å²) in [6.07, 6.45) is 3.12. The van der Waals surface area contributed by atoms with Gasteiger partial charge in [0.1, 0.15) is 36.2 Å². The van der Waals surface area contributed by atoms with Crippen LogP contribution < -0.4 is 24.8 Å². The molecule has 1 amide bonds. The van der Waals surface area contributed by atoms with Crippen molar-refractivity contribution in [1.29, 1.82) is 0 Å². The molecule has 1 aliphatic heterocycles. The summed E-state index contributed by atoms with van der Waals surface area (Å²) in [6.45, 7) is 5.88. The first-order valence-corrected chi connectivity index (χ1v) is 10.3. The highest BCUT2D eigenvalue weighted by Crippen LogP contribution is 2.39. The fourth-order valence-corrected chi connectivity index (χ4v) is 3.75. The summed E-state index contributed by atoms with van der Waals surface area (Å²) in [7, 11) is 3.11. The summed E-state index contributed by atoms with van der Waals surface area (Å²) in [5.74, 6) is 1.96. The predicted molar refractivity (Wildman–Crippen MR) is 125 cm³/mol. The van der Waals surface area contributed by atoms with Crippen molar-refractivity contribution < 1.29 is 19.0 Å². The Morgan fingerprint density at radius 2 is 2.03 bits per heavy atom. The fourth-order valence-electron chi connectivity index (χ4n) is 3.75. The first kappa shape index (κ1) is 21.9. The number of carbonyl (C=O) groups is 1. The molecule has 0 saturated carbocycles. The average molecular weight is 447 g/mol. The van der Waals surface area contributed by atoms with Crippen molar-refractivity contribution in [2.24, 2.45) is 0 Å². The fraction of sp³-hybridized carbons (Fsp3) is 0.208. The van der Waals surface area contributed by atoms with E-state index in [4.69, 9.17) is 14.2 Å². The van der Waals surface area contributed by atoms with Gasteiger partial charge in [-0.2, -0.15) is 10.1 Å². The molecule has 4 rings (SSSR count). The summed E-state index contributed by atoms with van der Waals surface area (Å²) < 4.78 is 18.2. The number of nitrogens with zero attached hydrogens (tertiary/aromatic N) is 3. The molecule has 0 radical (unpaired) electrons. The van der Waals surface area contributed by atoms with Crippen LogP contribution in [-0.4, -0.2) is 41.5 Å². The molecule has 9 nitrogen and oxygen atoms in total. The largest absolute Gasteiger partial charge is 0.497 e. The molecule has 33 heavy (non-hydrogen) atoms. The minimum atomic E-state index is -0.561. The number of para-hydroxylation sites is 1. The summed E-state index contributed by atoms with van der Waals surface area (Å²) in [6, 6.07) is 12.2. The molecule has 2 heterocycles. The van der Waals surface area contributed by atoms with E-state index < -0.39 is 6.04 Å². The van der Waals surface area contributed by atoms with E-state index in [0.717, 1.165) is 5.56 Å². The summed E-state index contributed by atoms with van der Waals surface area (Å²) in [5, 5.41) is 10.5. The van der Waals surface area contributed by atoms with Crippen LogP contribution in [-0.2, 0) is 4.79 Å². The second kappa shape index (κ2) is 9.47. The first-order valence-electron chi connectivity index (χ1n) is 10.3. The molecule has 2 aromatic carbocycles. The molecule has 9 heteroatoms. The van der Waals surface area contributed by atoms with Crippen molar-refractivity contribution in [2.45, 2.75) is 13.0 Å². The van der Waals surface area contributed by atoms with Crippen molar-refractivity contribution in [3.63, 3.8) is 0 Å². The minimum Gasteiger partial charge on any atom is -0.497 e. The summed E-state index contributed by atoms with van der Waals surface area (Å²) >= 11 is 0. The van der Waals surface area contributed by atoms with Gasteiger partial charge in [-0.25, -0.2) is 4.68 Å². The average Bonchev–Trinajstić information content (AvgIpc) is 3.30. The number of allylic oxidation sites excluding steroid dienone is 1. The summed E-state index contributed by atoms with van der Waals surface area (Å²) in [4.78, 5) is 17.9. The van der Waals surface area contributed by atoms with Gasteiger partial charge in [0.2, 0.25) is 5.95 Å². The Hall–Kier alpha value is -4.27. The number of carbonyl (C=O) groups excluding carboxylic acids is 1. The van der Waals surface area contributed by atoms with Crippen LogP contribution in [0.1, 0.15) is 18.5 Å². The molecule has 2 N–H and O–H groups in total. The third-order valence-corrected chi connectivity index (χ3v) is 5.27. The topological polar surface area (TPSA) is 99.5 Å². The monoisotopic (exact) mass is 447 g/mol. The van der Waals surface area contributed by atoms with Gasteiger partial charge in [-0.3, -0.25) is 4.79 Å². The van der Waals surface area contributed by atoms with Crippen molar-refractivity contribution in [1.82, 2.24) is 14.8 Å². The Morgan fingerprint density at radius 1 is 1.21 bits per heavy atom. The number of aromatic nitrogens is 3. The van der Waals surface area contributed by atoms with Crippen LogP contribution >= 0.6 is 0 Å². The van der Waals surface area contributed by atoms with Gasteiger partial charge in [0, 0.05) is 17.3 Å². The number of amides is 1. The minimum absolute atomic E-state index is 0.312. The number of hydrogen-bond donors (Lipinski definition) is 2. The van der Waals surface area contributed by atoms with E-state index in [1.165, 1.54) is 13.4 Å². The van der Waals surface area contributed by atoms with Crippen LogP contribution in [0.15, 0.2) is 72.7 Å². The Bertz CT molecular complexity index is 1220. The van der Waals surface area contributed by atoms with E-state index in [1.807, 2.05) is 31.2 Å². The molecule has 1 aromatic heterocycles. The number of benzene rings is 2. The lowest BCUT2D eigenvalue weighted by molar-refractivity contribution is -0.113.